The quantitative estimate of drug-likeness (QED) is 0.823. The van der Waals surface area contributed by atoms with E-state index in [9.17, 15) is 4.79 Å². The van der Waals surface area contributed by atoms with Gasteiger partial charge in [-0.3, -0.25) is 0 Å². The summed E-state index contributed by atoms with van der Waals surface area (Å²) < 4.78 is 5.71. The fourth-order valence-corrected chi connectivity index (χ4v) is 3.03. The number of likely N-dealkylation sites (N-methyl/N-ethyl adjacent to an activating group) is 1. The Balaban J connectivity index is 1.84. The Kier molecular flexibility index (Phi) is 5.29. The van der Waals surface area contributed by atoms with E-state index in [4.69, 9.17) is 4.74 Å². The van der Waals surface area contributed by atoms with Crippen LogP contribution in [0, 0.1) is 0 Å². The Bertz CT molecular complexity index is 263. The molecule has 1 amide bonds. The van der Waals surface area contributed by atoms with Crippen molar-refractivity contribution < 1.29 is 9.53 Å². The van der Waals surface area contributed by atoms with Crippen molar-refractivity contribution in [1.82, 2.24) is 10.2 Å². The SMILES string of the molecule is CNC1CCCCC1OC(=O)N1CCCCCC1. The molecular formula is C14H26N2O2. The summed E-state index contributed by atoms with van der Waals surface area (Å²) in [7, 11) is 1.96. The summed E-state index contributed by atoms with van der Waals surface area (Å²) in [6.45, 7) is 1.74. The van der Waals surface area contributed by atoms with Crippen LogP contribution in [0.5, 0.6) is 0 Å². The van der Waals surface area contributed by atoms with Gasteiger partial charge < -0.3 is 15.0 Å². The maximum atomic E-state index is 12.2. The average Bonchev–Trinajstić information content (AvgIpc) is 2.68. The molecule has 0 aromatic heterocycles. The van der Waals surface area contributed by atoms with E-state index in [1.54, 1.807) is 0 Å². The van der Waals surface area contributed by atoms with Crippen molar-refractivity contribution in [3.05, 3.63) is 0 Å². The number of amides is 1. The molecule has 1 heterocycles. The topological polar surface area (TPSA) is 41.6 Å². The second kappa shape index (κ2) is 6.98. The minimum atomic E-state index is -0.0935. The van der Waals surface area contributed by atoms with Gasteiger partial charge in [-0.2, -0.15) is 0 Å². The lowest BCUT2D eigenvalue weighted by Crippen LogP contribution is -2.45. The van der Waals surface area contributed by atoms with Gasteiger partial charge in [-0.05, 0) is 39.2 Å². The van der Waals surface area contributed by atoms with Gasteiger partial charge in [-0.1, -0.05) is 19.3 Å². The second-order valence-corrected chi connectivity index (χ2v) is 5.50. The lowest BCUT2D eigenvalue weighted by atomic mass is 9.92. The zero-order valence-electron chi connectivity index (χ0n) is 11.5. The molecule has 4 nitrogen and oxygen atoms in total. The van der Waals surface area contributed by atoms with E-state index in [2.05, 4.69) is 5.32 Å². The van der Waals surface area contributed by atoms with Crippen molar-refractivity contribution in [2.75, 3.05) is 20.1 Å². The number of nitrogens with one attached hydrogen (secondary N) is 1. The first-order valence-electron chi connectivity index (χ1n) is 7.44. The van der Waals surface area contributed by atoms with Crippen LogP contribution in [0.4, 0.5) is 4.79 Å². The lowest BCUT2D eigenvalue weighted by Gasteiger charge is -2.32. The lowest BCUT2D eigenvalue weighted by molar-refractivity contribution is 0.0302. The van der Waals surface area contributed by atoms with Crippen LogP contribution in [0.25, 0.3) is 0 Å². The molecule has 0 aromatic rings. The van der Waals surface area contributed by atoms with Gasteiger partial charge in [-0.25, -0.2) is 4.79 Å². The molecule has 4 heteroatoms. The number of hydrogen-bond acceptors (Lipinski definition) is 3. The number of nitrogens with zero attached hydrogens (tertiary/aromatic N) is 1. The molecule has 0 radical (unpaired) electrons. The zero-order chi connectivity index (χ0) is 12.8. The minimum absolute atomic E-state index is 0.0690. The van der Waals surface area contributed by atoms with Gasteiger partial charge in [0.1, 0.15) is 6.10 Å². The number of ether oxygens (including phenoxy) is 1. The van der Waals surface area contributed by atoms with Gasteiger partial charge >= 0.3 is 6.09 Å². The number of hydrogen-bond donors (Lipinski definition) is 1. The van der Waals surface area contributed by atoms with E-state index in [1.807, 2.05) is 11.9 Å². The van der Waals surface area contributed by atoms with Crippen molar-refractivity contribution in [3.63, 3.8) is 0 Å². The van der Waals surface area contributed by atoms with E-state index in [0.29, 0.717) is 6.04 Å². The number of likely N-dealkylation sites (tertiary alicyclic amines) is 1. The van der Waals surface area contributed by atoms with Gasteiger partial charge in [-0.15, -0.1) is 0 Å². The number of rotatable bonds is 2. The average molecular weight is 254 g/mol. The molecular weight excluding hydrogens is 228 g/mol. The van der Waals surface area contributed by atoms with Crippen molar-refractivity contribution in [2.45, 2.75) is 63.5 Å². The summed E-state index contributed by atoms with van der Waals surface area (Å²) in [5.74, 6) is 0. The standard InChI is InChI=1S/C14H26N2O2/c1-15-12-8-4-5-9-13(12)18-14(17)16-10-6-2-3-7-11-16/h12-13,15H,2-11H2,1H3. The molecule has 18 heavy (non-hydrogen) atoms. The van der Waals surface area contributed by atoms with E-state index in [0.717, 1.165) is 38.8 Å². The van der Waals surface area contributed by atoms with Crippen LogP contribution in [-0.4, -0.2) is 43.3 Å². The summed E-state index contributed by atoms with van der Waals surface area (Å²) in [5.41, 5.74) is 0. The first-order valence-corrected chi connectivity index (χ1v) is 7.44. The summed E-state index contributed by atoms with van der Waals surface area (Å²) >= 11 is 0. The van der Waals surface area contributed by atoms with Crippen LogP contribution < -0.4 is 5.32 Å². The Hall–Kier alpha value is -0.770. The first-order chi connectivity index (χ1) is 8.81. The van der Waals surface area contributed by atoms with E-state index in [1.165, 1.54) is 25.7 Å². The Morgan fingerprint density at radius 3 is 2.39 bits per heavy atom. The molecule has 104 valence electrons. The Labute approximate surface area is 110 Å². The molecule has 2 atom stereocenters. The molecule has 2 fully saturated rings. The monoisotopic (exact) mass is 254 g/mol. The van der Waals surface area contributed by atoms with Crippen molar-refractivity contribution in [3.8, 4) is 0 Å². The van der Waals surface area contributed by atoms with E-state index >= 15 is 0 Å². The van der Waals surface area contributed by atoms with Crippen molar-refractivity contribution >= 4 is 6.09 Å². The molecule has 1 saturated heterocycles. The molecule has 0 aromatic carbocycles. The smallest absolute Gasteiger partial charge is 0.410 e. The van der Waals surface area contributed by atoms with Crippen LogP contribution in [0.3, 0.4) is 0 Å². The summed E-state index contributed by atoms with van der Waals surface area (Å²) in [4.78, 5) is 14.1. The summed E-state index contributed by atoms with van der Waals surface area (Å²) in [6.07, 6.45) is 9.24. The summed E-state index contributed by atoms with van der Waals surface area (Å²) in [5, 5.41) is 3.28. The third-order valence-corrected chi connectivity index (χ3v) is 4.19. The largest absolute Gasteiger partial charge is 0.444 e. The molecule has 1 aliphatic heterocycles. The highest BCUT2D eigenvalue weighted by Gasteiger charge is 2.28. The van der Waals surface area contributed by atoms with E-state index < -0.39 is 0 Å². The Morgan fingerprint density at radius 1 is 1.06 bits per heavy atom. The fourth-order valence-electron chi connectivity index (χ4n) is 3.03. The van der Waals surface area contributed by atoms with Crippen LogP contribution in [-0.2, 0) is 4.74 Å². The molecule has 2 unspecified atom stereocenters. The molecule has 2 rings (SSSR count). The maximum absolute atomic E-state index is 12.2. The molecule has 2 aliphatic rings. The number of carbonyl (C=O) groups is 1. The molecule has 1 saturated carbocycles. The highest BCUT2D eigenvalue weighted by Crippen LogP contribution is 2.22. The van der Waals surface area contributed by atoms with Gasteiger partial charge in [0.2, 0.25) is 0 Å². The van der Waals surface area contributed by atoms with Gasteiger partial charge in [0.15, 0.2) is 0 Å². The number of carbonyl (C=O) groups excluding carboxylic acids is 1. The molecule has 0 bridgehead atoms. The van der Waals surface area contributed by atoms with Crippen LogP contribution >= 0.6 is 0 Å². The van der Waals surface area contributed by atoms with Gasteiger partial charge in [0, 0.05) is 19.1 Å². The van der Waals surface area contributed by atoms with Gasteiger partial charge in [0.05, 0.1) is 0 Å². The normalized spacial score (nSPS) is 29.7. The fraction of sp³-hybridized carbons (Fsp3) is 0.929. The third-order valence-electron chi connectivity index (χ3n) is 4.19. The van der Waals surface area contributed by atoms with Crippen molar-refractivity contribution in [2.24, 2.45) is 0 Å². The second-order valence-electron chi connectivity index (χ2n) is 5.50. The first kappa shape index (κ1) is 13.7. The highest BCUT2D eigenvalue weighted by atomic mass is 16.6. The molecule has 0 spiro atoms. The minimum Gasteiger partial charge on any atom is -0.444 e. The predicted octanol–water partition coefficient (Wildman–Crippen LogP) is 2.53. The van der Waals surface area contributed by atoms with Crippen LogP contribution in [0.1, 0.15) is 51.4 Å². The zero-order valence-corrected chi connectivity index (χ0v) is 11.5. The molecule has 1 N–H and O–H groups in total. The maximum Gasteiger partial charge on any atom is 0.410 e. The highest BCUT2D eigenvalue weighted by molar-refractivity contribution is 5.67. The van der Waals surface area contributed by atoms with Crippen LogP contribution in [0.15, 0.2) is 0 Å². The summed E-state index contributed by atoms with van der Waals surface area (Å²) in [6, 6.07) is 0.342. The molecule has 1 aliphatic carbocycles. The van der Waals surface area contributed by atoms with Crippen molar-refractivity contribution in [1.29, 1.82) is 0 Å². The van der Waals surface area contributed by atoms with Crippen LogP contribution in [0.2, 0.25) is 0 Å². The third kappa shape index (κ3) is 3.61. The Morgan fingerprint density at radius 2 is 1.72 bits per heavy atom. The predicted molar refractivity (Wildman–Crippen MR) is 71.6 cm³/mol. The van der Waals surface area contributed by atoms with Gasteiger partial charge in [0.25, 0.3) is 0 Å². The van der Waals surface area contributed by atoms with E-state index in [-0.39, 0.29) is 12.2 Å².